The molecule has 0 amide bonds. The molecule has 0 radical (unpaired) electrons. The molecule has 1 fully saturated rings. The summed E-state index contributed by atoms with van der Waals surface area (Å²) in [6.07, 6.45) is 0.818. The summed E-state index contributed by atoms with van der Waals surface area (Å²) < 4.78 is 20.2. The van der Waals surface area contributed by atoms with Crippen molar-refractivity contribution >= 4 is 95.5 Å². The van der Waals surface area contributed by atoms with Crippen LogP contribution in [0.1, 0.15) is 102 Å². The van der Waals surface area contributed by atoms with Gasteiger partial charge in [-0.3, -0.25) is 14.4 Å². The molecule has 5 rings (SSSR count). The number of carbonyl (C=O) groups excluding carboxylic acids is 4. The predicted octanol–water partition coefficient (Wildman–Crippen LogP) is 13.6. The first-order valence-electron chi connectivity index (χ1n) is 22.9. The van der Waals surface area contributed by atoms with Crippen molar-refractivity contribution in [3.05, 3.63) is 97.8 Å². The molecular weight excluding hydrogens is 985 g/mol. The number of hydrogen-bond acceptors (Lipinski definition) is 18. The number of cyclic esters (lactones) is 2. The van der Waals surface area contributed by atoms with Gasteiger partial charge in [0.05, 0.1) is 88.3 Å². The highest BCUT2D eigenvalue weighted by Gasteiger charge is 2.20. The van der Waals surface area contributed by atoms with E-state index in [1.165, 1.54) is 29.6 Å². The van der Waals surface area contributed by atoms with Gasteiger partial charge in [-0.1, -0.05) is 21.8 Å². The molecule has 2 aromatic carbocycles. The number of nitriles is 1. The third-order valence-corrected chi connectivity index (χ3v) is 12.6. The summed E-state index contributed by atoms with van der Waals surface area (Å²) in [5.41, 5.74) is 7.45. The van der Waals surface area contributed by atoms with E-state index in [1.54, 1.807) is 13.8 Å². The number of aliphatic hydroxyl groups excluding tert-OH is 1. The van der Waals surface area contributed by atoms with Crippen LogP contribution in [0, 0.1) is 58.7 Å². The number of carbonyl (C=O) groups is 4. The van der Waals surface area contributed by atoms with Gasteiger partial charge >= 0.3 is 17.9 Å². The van der Waals surface area contributed by atoms with E-state index in [-0.39, 0.29) is 65.6 Å². The molecule has 396 valence electrons. The van der Waals surface area contributed by atoms with E-state index in [0.29, 0.717) is 87.1 Å². The van der Waals surface area contributed by atoms with Gasteiger partial charge in [-0.25, -0.2) is 14.5 Å². The van der Waals surface area contributed by atoms with Gasteiger partial charge in [0.25, 0.3) is 0 Å². The Morgan fingerprint density at radius 3 is 1.62 bits per heavy atom. The maximum absolute atomic E-state index is 11.5. The molecule has 2 aromatic heterocycles. The normalized spacial score (nSPS) is 11.5. The van der Waals surface area contributed by atoms with Crippen LogP contribution in [0.15, 0.2) is 56.9 Å². The third-order valence-electron chi connectivity index (χ3n) is 10.5. The van der Waals surface area contributed by atoms with Gasteiger partial charge in [-0.05, 0) is 114 Å². The molecule has 0 bridgehead atoms. The van der Waals surface area contributed by atoms with Crippen molar-refractivity contribution in [2.45, 2.75) is 115 Å². The van der Waals surface area contributed by atoms with Gasteiger partial charge in [0, 0.05) is 43.0 Å². The number of thiophene rings is 2. The van der Waals surface area contributed by atoms with Gasteiger partial charge < -0.3 is 38.6 Å². The SMILES string of the molecule is C.C.O=C1CCC(=O)O1.[C-]#[N+]c1c(N=Nc2ccc(N(CCOCCOC(=O)CCC(C)=O)C(C)C)cc2C)sc(C#N)c1C.[C-]#[N+]c1sc(N=Nc2ccc(N(CCOCCO)C(C)C)cc2C)c([N+]#[C-])c1C. The Balaban J connectivity index is 0.000000646. The van der Waals surface area contributed by atoms with E-state index in [2.05, 4.69) is 89.4 Å². The average molecular weight is 1050 g/mol. The summed E-state index contributed by atoms with van der Waals surface area (Å²) in [4.78, 5) is 57.8. The number of benzene rings is 2. The molecule has 74 heavy (non-hydrogen) atoms. The van der Waals surface area contributed by atoms with Gasteiger partial charge in [0.15, 0.2) is 0 Å². The lowest BCUT2D eigenvalue weighted by Gasteiger charge is -2.29. The predicted molar refractivity (Wildman–Crippen MR) is 291 cm³/mol. The number of ether oxygens (including phenoxy) is 4. The molecule has 3 heterocycles. The Morgan fingerprint density at radius 2 is 1.22 bits per heavy atom. The molecule has 0 saturated carbocycles. The summed E-state index contributed by atoms with van der Waals surface area (Å²) in [5.74, 6) is -1.23. The minimum absolute atomic E-state index is 0. The Kier molecular flexibility index (Phi) is 29.3. The Bertz CT molecular complexity index is 2740. The lowest BCUT2D eigenvalue weighted by molar-refractivity contribution is -0.152. The molecule has 1 saturated heterocycles. The molecule has 1 aliphatic rings. The lowest BCUT2D eigenvalue weighted by Crippen LogP contribution is -2.34. The maximum atomic E-state index is 11.5. The fraction of sp³-hybridized carbons (Fsp3) is 0.472. The van der Waals surface area contributed by atoms with E-state index in [4.69, 9.17) is 39.0 Å². The van der Waals surface area contributed by atoms with Crippen LogP contribution < -0.4 is 9.80 Å². The number of nitrogens with zero attached hydrogens (tertiary/aromatic N) is 10. The van der Waals surface area contributed by atoms with Crippen molar-refractivity contribution in [1.82, 2.24) is 0 Å². The molecule has 0 atom stereocenters. The highest BCUT2D eigenvalue weighted by atomic mass is 32.1. The van der Waals surface area contributed by atoms with Crippen molar-refractivity contribution in [3.8, 4) is 6.07 Å². The molecular formula is C53H68N10O9S2. The number of azo groups is 2. The first kappa shape index (κ1) is 64.8. The van der Waals surface area contributed by atoms with Crippen LogP contribution >= 0.6 is 22.7 Å². The number of anilines is 2. The zero-order chi connectivity index (χ0) is 53.3. The molecule has 0 aliphatic carbocycles. The number of hydrogen-bond donors (Lipinski definition) is 1. The molecule has 0 unspecified atom stereocenters. The van der Waals surface area contributed by atoms with Crippen molar-refractivity contribution in [2.75, 3.05) is 62.5 Å². The monoisotopic (exact) mass is 1050 g/mol. The van der Waals surface area contributed by atoms with Crippen LogP contribution in [0.4, 0.5) is 49.1 Å². The number of rotatable bonds is 22. The van der Waals surface area contributed by atoms with Crippen LogP contribution in [-0.4, -0.2) is 93.6 Å². The van der Waals surface area contributed by atoms with E-state index >= 15 is 0 Å². The molecule has 19 nitrogen and oxygen atoms in total. The summed E-state index contributed by atoms with van der Waals surface area (Å²) in [6, 6.07) is 14.5. The highest BCUT2D eigenvalue weighted by molar-refractivity contribution is 7.20. The number of aryl methyl sites for hydroxylation is 2. The highest BCUT2D eigenvalue weighted by Crippen LogP contribution is 2.47. The van der Waals surface area contributed by atoms with E-state index < -0.39 is 17.9 Å². The molecule has 1 N–H and O–H groups in total. The van der Waals surface area contributed by atoms with Crippen molar-refractivity contribution < 1.29 is 43.2 Å². The molecule has 1 aliphatic heterocycles. The van der Waals surface area contributed by atoms with Crippen LogP contribution in [0.2, 0.25) is 0 Å². The van der Waals surface area contributed by atoms with Crippen molar-refractivity contribution in [2.24, 2.45) is 20.5 Å². The molecule has 4 aromatic rings. The van der Waals surface area contributed by atoms with Gasteiger partial charge in [-0.2, -0.15) is 25.7 Å². The summed E-state index contributed by atoms with van der Waals surface area (Å²) in [5, 5.41) is 36.6. The van der Waals surface area contributed by atoms with Crippen molar-refractivity contribution in [1.29, 1.82) is 5.26 Å². The Morgan fingerprint density at radius 1 is 0.730 bits per heavy atom. The second-order valence-electron chi connectivity index (χ2n) is 16.5. The topological polar surface area (TPSA) is 218 Å². The molecule has 0 spiro atoms. The second-order valence-corrected chi connectivity index (χ2v) is 18.5. The number of Topliss-reactive ketones (excluding diaryl/α,β-unsaturated/α-hetero) is 1. The quantitative estimate of drug-likeness (QED) is 0.0255. The number of ketones is 1. The van der Waals surface area contributed by atoms with Crippen LogP contribution in [0.3, 0.4) is 0 Å². The smallest absolute Gasteiger partial charge is 0.314 e. The largest absolute Gasteiger partial charge is 0.463 e. The lowest BCUT2D eigenvalue weighted by atomic mass is 10.1. The second kappa shape index (κ2) is 33.5. The van der Waals surface area contributed by atoms with Crippen LogP contribution in [-0.2, 0) is 38.1 Å². The van der Waals surface area contributed by atoms with E-state index in [0.717, 1.165) is 34.7 Å². The first-order chi connectivity index (χ1) is 34.4. The maximum Gasteiger partial charge on any atom is 0.314 e. The Labute approximate surface area is 443 Å². The third kappa shape index (κ3) is 20.3. The summed E-state index contributed by atoms with van der Waals surface area (Å²) in [6.45, 7) is 42.4. The minimum Gasteiger partial charge on any atom is -0.463 e. The van der Waals surface area contributed by atoms with Crippen molar-refractivity contribution in [3.63, 3.8) is 0 Å². The van der Waals surface area contributed by atoms with Gasteiger partial charge in [0.2, 0.25) is 16.4 Å². The van der Waals surface area contributed by atoms with Crippen LogP contribution in [0.25, 0.3) is 14.5 Å². The average Bonchev–Trinajstić information content (AvgIpc) is 4.00. The fourth-order valence-corrected chi connectivity index (χ4v) is 8.32. The zero-order valence-corrected chi connectivity index (χ0v) is 43.7. The Hall–Kier alpha value is -7.24. The molecule has 21 heteroatoms. The fourth-order valence-electron chi connectivity index (χ4n) is 6.60. The summed E-state index contributed by atoms with van der Waals surface area (Å²) in [7, 11) is 0. The standard InChI is InChI=1S/C26H31N5O4S.C21H25N5O2S.C4H4O3.2CH4/c1-17(2)31(11-12-34-13-14-35-24(33)10-7-19(4)32)21-8-9-22(18(3)15-21)29-30-26-25(28-6)20(5)23(16-27)36-26;1-14(2)26(9-11-28-12-10-27)17-7-8-18(15(3)13-17)24-25-21-19(22-5)16(4)20(23-6)29-21;5-3-1-2-4(6)7-3;;/h8-9,15,17H,7,10-14H2,1-5H3;7-8,13-14,27H,9-12H2,1-4H3;1-2H2;2*1H4. The summed E-state index contributed by atoms with van der Waals surface area (Å²) >= 11 is 2.36. The number of esters is 3. The van der Waals surface area contributed by atoms with E-state index in [1.807, 2.05) is 44.2 Å². The van der Waals surface area contributed by atoms with E-state index in [9.17, 15) is 24.4 Å². The van der Waals surface area contributed by atoms with Gasteiger partial charge in [-0.15, -0.1) is 22.7 Å². The first-order valence-corrected chi connectivity index (χ1v) is 24.5. The zero-order valence-electron chi connectivity index (χ0n) is 42.1. The number of aliphatic hydroxyl groups is 1. The minimum atomic E-state index is -0.398. The van der Waals surface area contributed by atoms with Crippen LogP contribution in [0.5, 0.6) is 0 Å². The van der Waals surface area contributed by atoms with Gasteiger partial charge in [0.1, 0.15) is 28.5 Å².